The Bertz CT molecular complexity index is 930. The van der Waals surface area contributed by atoms with Gasteiger partial charge in [0.05, 0.1) is 26.7 Å². The van der Waals surface area contributed by atoms with Crippen molar-refractivity contribution in [2.75, 3.05) is 19.5 Å². The van der Waals surface area contributed by atoms with E-state index in [0.29, 0.717) is 30.3 Å². The predicted octanol–water partition coefficient (Wildman–Crippen LogP) is 3.02. The summed E-state index contributed by atoms with van der Waals surface area (Å²) in [5.41, 5.74) is 1.96. The fourth-order valence-corrected chi connectivity index (χ4v) is 3.31. The van der Waals surface area contributed by atoms with Crippen LogP contribution in [0.1, 0.15) is 29.2 Å². The molecule has 134 valence electrons. The molecule has 0 saturated carbocycles. The molecule has 7 nitrogen and oxygen atoms in total. The summed E-state index contributed by atoms with van der Waals surface area (Å²) < 4.78 is 17.8. The Labute approximate surface area is 150 Å². The average molecular weight is 353 g/mol. The second-order valence-electron chi connectivity index (χ2n) is 6.10. The predicted molar refractivity (Wildman–Crippen MR) is 94.7 cm³/mol. The zero-order valence-electron chi connectivity index (χ0n) is 14.6. The molecule has 0 aliphatic carbocycles. The maximum absolute atomic E-state index is 12.3. The number of benzene rings is 1. The van der Waals surface area contributed by atoms with Crippen LogP contribution in [0.15, 0.2) is 47.2 Å². The van der Waals surface area contributed by atoms with E-state index in [1.165, 1.54) is 0 Å². The number of ether oxygens (including phenoxy) is 2. The first-order chi connectivity index (χ1) is 12.7. The van der Waals surface area contributed by atoms with Gasteiger partial charge in [-0.05, 0) is 29.8 Å². The van der Waals surface area contributed by atoms with Gasteiger partial charge in [-0.2, -0.15) is 5.10 Å². The van der Waals surface area contributed by atoms with Gasteiger partial charge in [-0.15, -0.1) is 0 Å². The molecule has 3 aromatic rings. The zero-order valence-corrected chi connectivity index (χ0v) is 14.6. The highest BCUT2D eigenvalue weighted by molar-refractivity contribution is 5.94. The number of nitrogens with zero attached hydrogens (tertiary/aromatic N) is 2. The van der Waals surface area contributed by atoms with Crippen LogP contribution in [0.25, 0.3) is 0 Å². The van der Waals surface area contributed by atoms with E-state index in [1.807, 2.05) is 30.3 Å². The minimum Gasteiger partial charge on any atom is -0.493 e. The smallest absolute Gasteiger partial charge is 0.226 e. The maximum atomic E-state index is 12.3. The van der Waals surface area contributed by atoms with Crippen molar-refractivity contribution in [3.63, 3.8) is 0 Å². The molecule has 7 heteroatoms. The molecule has 0 fully saturated rings. The molecule has 4 rings (SSSR count). The lowest BCUT2D eigenvalue weighted by Gasteiger charge is -2.24. The molecule has 1 aliphatic rings. The number of aromatic nitrogens is 2. The van der Waals surface area contributed by atoms with Gasteiger partial charge < -0.3 is 19.2 Å². The van der Waals surface area contributed by atoms with Crippen molar-refractivity contribution in [1.29, 1.82) is 0 Å². The third-order valence-electron chi connectivity index (χ3n) is 4.59. The molecule has 0 bridgehead atoms. The summed E-state index contributed by atoms with van der Waals surface area (Å²) in [6.07, 6.45) is 3.78. The summed E-state index contributed by atoms with van der Waals surface area (Å²) in [6, 6.07) is 9.43. The quantitative estimate of drug-likeness (QED) is 0.763. The molecule has 26 heavy (non-hydrogen) atoms. The minimum atomic E-state index is -0.0936. The summed E-state index contributed by atoms with van der Waals surface area (Å²) in [4.78, 5) is 12.3. The van der Waals surface area contributed by atoms with Crippen LogP contribution in [-0.2, 0) is 11.3 Å². The van der Waals surface area contributed by atoms with Crippen LogP contribution >= 0.6 is 0 Å². The van der Waals surface area contributed by atoms with Gasteiger partial charge >= 0.3 is 0 Å². The Kier molecular flexibility index (Phi) is 4.12. The highest BCUT2D eigenvalue weighted by Crippen LogP contribution is 2.40. The lowest BCUT2D eigenvalue weighted by Crippen LogP contribution is -2.25. The molecular weight excluding hydrogens is 334 g/mol. The minimum absolute atomic E-state index is 0.0431. The Morgan fingerprint density at radius 3 is 2.85 bits per heavy atom. The molecule has 1 aromatic carbocycles. The van der Waals surface area contributed by atoms with Crippen molar-refractivity contribution in [2.24, 2.45) is 0 Å². The molecule has 1 amide bonds. The number of nitrogens with one attached hydrogen (secondary N) is 1. The van der Waals surface area contributed by atoms with E-state index in [4.69, 9.17) is 13.9 Å². The maximum Gasteiger partial charge on any atom is 0.226 e. The summed E-state index contributed by atoms with van der Waals surface area (Å²) in [6.45, 7) is 0.460. The number of anilines is 1. The van der Waals surface area contributed by atoms with E-state index in [1.54, 1.807) is 31.4 Å². The standard InChI is InChI=1S/C19H19N3O4/c1-24-16-6-5-12(8-17(16)25-2)14-9-18(23)21-19-15(14)10-20-22(19)11-13-4-3-7-26-13/h3-8,10,14H,9,11H2,1-2H3,(H,21,23). The molecule has 3 heterocycles. The molecule has 2 aromatic heterocycles. The van der Waals surface area contributed by atoms with Crippen LogP contribution in [0.2, 0.25) is 0 Å². The van der Waals surface area contributed by atoms with Crippen LogP contribution in [0, 0.1) is 0 Å². The highest BCUT2D eigenvalue weighted by Gasteiger charge is 2.30. The molecule has 1 aliphatic heterocycles. The topological polar surface area (TPSA) is 78.5 Å². The van der Waals surface area contributed by atoms with Gasteiger partial charge in [0.15, 0.2) is 11.5 Å². The Hall–Kier alpha value is -3.22. The molecule has 0 saturated heterocycles. The van der Waals surface area contributed by atoms with Crippen molar-refractivity contribution < 1.29 is 18.7 Å². The lowest BCUT2D eigenvalue weighted by atomic mass is 9.87. The largest absolute Gasteiger partial charge is 0.493 e. The average Bonchev–Trinajstić information content (AvgIpc) is 3.31. The fourth-order valence-electron chi connectivity index (χ4n) is 3.31. The molecule has 0 spiro atoms. The summed E-state index contributed by atoms with van der Waals surface area (Å²) in [5.74, 6) is 2.64. The number of carbonyl (C=O) groups is 1. The van der Waals surface area contributed by atoms with Gasteiger partial charge in [0.1, 0.15) is 18.1 Å². The molecular formula is C19H19N3O4. The molecule has 1 unspecified atom stereocenters. The number of furan rings is 1. The fraction of sp³-hybridized carbons (Fsp3) is 0.263. The summed E-state index contributed by atoms with van der Waals surface area (Å²) in [7, 11) is 3.20. The summed E-state index contributed by atoms with van der Waals surface area (Å²) >= 11 is 0. The lowest BCUT2D eigenvalue weighted by molar-refractivity contribution is -0.116. The highest BCUT2D eigenvalue weighted by atomic mass is 16.5. The number of fused-ring (bicyclic) bond motifs is 1. The van der Waals surface area contributed by atoms with Gasteiger partial charge in [0, 0.05) is 17.9 Å². The van der Waals surface area contributed by atoms with Crippen LogP contribution in [0.3, 0.4) is 0 Å². The van der Waals surface area contributed by atoms with Crippen molar-refractivity contribution in [2.45, 2.75) is 18.9 Å². The van der Waals surface area contributed by atoms with Gasteiger partial charge in [0.2, 0.25) is 5.91 Å². The third kappa shape index (κ3) is 2.81. The van der Waals surface area contributed by atoms with E-state index in [0.717, 1.165) is 16.9 Å². The Morgan fingerprint density at radius 2 is 2.12 bits per heavy atom. The van der Waals surface area contributed by atoms with Crippen molar-refractivity contribution in [3.05, 3.63) is 59.7 Å². The van der Waals surface area contributed by atoms with Gasteiger partial charge in [-0.25, -0.2) is 4.68 Å². The van der Waals surface area contributed by atoms with Gasteiger partial charge in [0.25, 0.3) is 0 Å². The van der Waals surface area contributed by atoms with E-state index < -0.39 is 0 Å². The van der Waals surface area contributed by atoms with Crippen molar-refractivity contribution in [3.8, 4) is 11.5 Å². The van der Waals surface area contributed by atoms with Crippen molar-refractivity contribution in [1.82, 2.24) is 9.78 Å². The second kappa shape index (κ2) is 6.59. The first-order valence-electron chi connectivity index (χ1n) is 8.29. The van der Waals surface area contributed by atoms with Crippen molar-refractivity contribution >= 4 is 11.7 Å². The van der Waals surface area contributed by atoms with E-state index >= 15 is 0 Å². The SMILES string of the molecule is COc1ccc(C2CC(=O)Nc3c2cnn3Cc2ccco2)cc1OC. The van der Waals surface area contributed by atoms with Crippen LogP contribution in [-0.4, -0.2) is 29.9 Å². The summed E-state index contributed by atoms with van der Waals surface area (Å²) in [5, 5.41) is 7.38. The number of hydrogen-bond acceptors (Lipinski definition) is 5. The number of carbonyl (C=O) groups excluding carboxylic acids is 1. The van der Waals surface area contributed by atoms with E-state index in [2.05, 4.69) is 10.4 Å². The number of hydrogen-bond donors (Lipinski definition) is 1. The van der Waals surface area contributed by atoms with Gasteiger partial charge in [-0.1, -0.05) is 6.07 Å². The number of amides is 1. The zero-order chi connectivity index (χ0) is 18.1. The molecule has 1 N–H and O–H groups in total. The van der Waals surface area contributed by atoms with Crippen LogP contribution < -0.4 is 14.8 Å². The Morgan fingerprint density at radius 1 is 1.27 bits per heavy atom. The first kappa shape index (κ1) is 16.3. The first-order valence-corrected chi connectivity index (χ1v) is 8.29. The molecule has 1 atom stereocenters. The number of methoxy groups -OCH3 is 2. The van der Waals surface area contributed by atoms with Crippen LogP contribution in [0.5, 0.6) is 11.5 Å². The molecule has 0 radical (unpaired) electrons. The van der Waals surface area contributed by atoms with Gasteiger partial charge in [-0.3, -0.25) is 4.79 Å². The third-order valence-corrected chi connectivity index (χ3v) is 4.59. The normalized spacial score (nSPS) is 16.1. The second-order valence-corrected chi connectivity index (χ2v) is 6.10. The monoisotopic (exact) mass is 353 g/mol. The van der Waals surface area contributed by atoms with E-state index in [-0.39, 0.29) is 11.8 Å². The van der Waals surface area contributed by atoms with E-state index in [9.17, 15) is 4.79 Å². The van der Waals surface area contributed by atoms with Crippen LogP contribution in [0.4, 0.5) is 5.82 Å². The number of rotatable bonds is 5. The Balaban J connectivity index is 1.72.